The molecule has 0 bridgehead atoms. The Labute approximate surface area is 144 Å². The lowest BCUT2D eigenvalue weighted by Crippen LogP contribution is -2.34. The molecule has 2 unspecified atom stereocenters. The number of benzene rings is 1. The standard InChI is InChI=1S/C19H29N3O2/c1-13-7-8-15(19(24)22(3)4)11-17(13)21-18(23)10-14(2)16-6-5-9-20-12-16/h7-8,11,14,16,20H,5-6,9-10,12H2,1-4H3,(H,21,23). The van der Waals surface area contributed by atoms with Crippen molar-refractivity contribution in [2.45, 2.75) is 33.1 Å². The summed E-state index contributed by atoms with van der Waals surface area (Å²) in [7, 11) is 3.45. The molecule has 1 aliphatic heterocycles. The van der Waals surface area contributed by atoms with E-state index in [1.807, 2.05) is 13.0 Å². The zero-order valence-electron chi connectivity index (χ0n) is 15.2. The number of carbonyl (C=O) groups excluding carboxylic acids is 2. The minimum Gasteiger partial charge on any atom is -0.345 e. The van der Waals surface area contributed by atoms with Gasteiger partial charge >= 0.3 is 0 Å². The molecule has 0 aromatic heterocycles. The number of hydrogen-bond acceptors (Lipinski definition) is 3. The zero-order chi connectivity index (χ0) is 17.7. The average molecular weight is 331 g/mol. The van der Waals surface area contributed by atoms with E-state index in [1.54, 1.807) is 26.2 Å². The predicted octanol–water partition coefficient (Wildman–Crippen LogP) is 2.66. The van der Waals surface area contributed by atoms with Gasteiger partial charge in [0, 0.05) is 31.8 Å². The predicted molar refractivity (Wildman–Crippen MR) is 97.2 cm³/mol. The van der Waals surface area contributed by atoms with Crippen molar-refractivity contribution in [2.24, 2.45) is 11.8 Å². The van der Waals surface area contributed by atoms with Gasteiger partial charge in [-0.05, 0) is 62.4 Å². The number of hydrogen-bond donors (Lipinski definition) is 2. The quantitative estimate of drug-likeness (QED) is 0.872. The molecule has 0 saturated carbocycles. The first-order valence-corrected chi connectivity index (χ1v) is 8.71. The fraction of sp³-hybridized carbons (Fsp3) is 0.579. The summed E-state index contributed by atoms with van der Waals surface area (Å²) in [5, 5.41) is 6.39. The van der Waals surface area contributed by atoms with Crippen molar-refractivity contribution in [1.82, 2.24) is 10.2 Å². The second-order valence-corrected chi connectivity index (χ2v) is 7.07. The first-order chi connectivity index (χ1) is 11.4. The summed E-state index contributed by atoms with van der Waals surface area (Å²) in [4.78, 5) is 26.0. The third-order valence-corrected chi connectivity index (χ3v) is 4.81. The maximum absolute atomic E-state index is 12.4. The van der Waals surface area contributed by atoms with Gasteiger partial charge < -0.3 is 15.5 Å². The molecule has 1 saturated heterocycles. The molecule has 1 heterocycles. The summed E-state index contributed by atoms with van der Waals surface area (Å²) in [6.07, 6.45) is 2.88. The highest BCUT2D eigenvalue weighted by molar-refractivity contribution is 5.97. The Kier molecular flexibility index (Phi) is 6.37. The van der Waals surface area contributed by atoms with Crippen molar-refractivity contribution in [3.63, 3.8) is 0 Å². The van der Waals surface area contributed by atoms with Gasteiger partial charge in [0.1, 0.15) is 0 Å². The van der Waals surface area contributed by atoms with Crippen molar-refractivity contribution < 1.29 is 9.59 Å². The lowest BCUT2D eigenvalue weighted by atomic mass is 9.85. The molecule has 2 rings (SSSR count). The smallest absolute Gasteiger partial charge is 0.253 e. The van der Waals surface area contributed by atoms with Crippen molar-refractivity contribution in [2.75, 3.05) is 32.5 Å². The van der Waals surface area contributed by atoms with Crippen LogP contribution in [0.2, 0.25) is 0 Å². The van der Waals surface area contributed by atoms with Crippen molar-refractivity contribution in [1.29, 1.82) is 0 Å². The van der Waals surface area contributed by atoms with Gasteiger partial charge in [-0.25, -0.2) is 0 Å². The fourth-order valence-electron chi connectivity index (χ4n) is 3.17. The van der Waals surface area contributed by atoms with E-state index in [4.69, 9.17) is 0 Å². The number of carbonyl (C=O) groups is 2. The topological polar surface area (TPSA) is 61.4 Å². The second kappa shape index (κ2) is 8.29. The molecule has 1 aromatic rings. The molecule has 132 valence electrons. The number of nitrogens with one attached hydrogen (secondary N) is 2. The first-order valence-electron chi connectivity index (χ1n) is 8.71. The summed E-state index contributed by atoms with van der Waals surface area (Å²) in [5.74, 6) is 0.870. The highest BCUT2D eigenvalue weighted by Gasteiger charge is 2.22. The van der Waals surface area contributed by atoms with E-state index in [1.165, 1.54) is 17.7 Å². The van der Waals surface area contributed by atoms with Gasteiger partial charge in [0.25, 0.3) is 5.91 Å². The number of nitrogens with zero attached hydrogens (tertiary/aromatic N) is 1. The van der Waals surface area contributed by atoms with Crippen LogP contribution in [-0.4, -0.2) is 43.9 Å². The summed E-state index contributed by atoms with van der Waals surface area (Å²) < 4.78 is 0. The van der Waals surface area contributed by atoms with Crippen LogP contribution >= 0.6 is 0 Å². The van der Waals surface area contributed by atoms with Crippen LogP contribution < -0.4 is 10.6 Å². The second-order valence-electron chi connectivity index (χ2n) is 7.07. The van der Waals surface area contributed by atoms with Crippen LogP contribution in [0.1, 0.15) is 42.1 Å². The van der Waals surface area contributed by atoms with Crippen LogP contribution in [0.3, 0.4) is 0 Å². The molecule has 1 aromatic carbocycles. The molecule has 5 heteroatoms. The molecule has 0 aliphatic carbocycles. The zero-order valence-corrected chi connectivity index (χ0v) is 15.2. The monoisotopic (exact) mass is 331 g/mol. The van der Waals surface area contributed by atoms with E-state index in [2.05, 4.69) is 17.6 Å². The van der Waals surface area contributed by atoms with Crippen molar-refractivity contribution in [3.05, 3.63) is 29.3 Å². The third-order valence-electron chi connectivity index (χ3n) is 4.81. The molecule has 0 radical (unpaired) electrons. The Morgan fingerprint density at radius 1 is 1.38 bits per heavy atom. The molecule has 1 aliphatic rings. The number of rotatable bonds is 5. The first kappa shape index (κ1) is 18.5. The largest absolute Gasteiger partial charge is 0.345 e. The number of amides is 2. The highest BCUT2D eigenvalue weighted by Crippen LogP contribution is 2.24. The van der Waals surface area contributed by atoms with Gasteiger partial charge in [-0.2, -0.15) is 0 Å². The van der Waals surface area contributed by atoms with Gasteiger partial charge in [-0.3, -0.25) is 9.59 Å². The molecular weight excluding hydrogens is 302 g/mol. The van der Waals surface area contributed by atoms with Crippen LogP contribution in [0.25, 0.3) is 0 Å². The van der Waals surface area contributed by atoms with Crippen molar-refractivity contribution >= 4 is 17.5 Å². The molecular formula is C19H29N3O2. The van der Waals surface area contributed by atoms with E-state index >= 15 is 0 Å². The summed E-state index contributed by atoms with van der Waals surface area (Å²) in [5.41, 5.74) is 2.28. The van der Waals surface area contributed by atoms with E-state index in [-0.39, 0.29) is 11.8 Å². The maximum atomic E-state index is 12.4. The van der Waals surface area contributed by atoms with Crippen molar-refractivity contribution in [3.8, 4) is 0 Å². The molecule has 2 amide bonds. The fourth-order valence-corrected chi connectivity index (χ4v) is 3.17. The van der Waals surface area contributed by atoms with E-state index < -0.39 is 0 Å². The molecule has 0 spiro atoms. The van der Waals surface area contributed by atoms with Crippen LogP contribution in [0.4, 0.5) is 5.69 Å². The summed E-state index contributed by atoms with van der Waals surface area (Å²) in [6, 6.07) is 5.44. The van der Waals surface area contributed by atoms with Gasteiger partial charge in [0.2, 0.25) is 5.91 Å². The highest BCUT2D eigenvalue weighted by atomic mass is 16.2. The summed E-state index contributed by atoms with van der Waals surface area (Å²) >= 11 is 0. The SMILES string of the molecule is Cc1ccc(C(=O)N(C)C)cc1NC(=O)CC(C)C1CCCNC1. The van der Waals surface area contributed by atoms with Crippen LogP contribution in [0, 0.1) is 18.8 Å². The van der Waals surface area contributed by atoms with E-state index in [0.29, 0.717) is 23.8 Å². The Morgan fingerprint density at radius 3 is 2.75 bits per heavy atom. The lowest BCUT2D eigenvalue weighted by Gasteiger charge is -2.28. The van der Waals surface area contributed by atoms with Gasteiger partial charge in [0.05, 0.1) is 0 Å². The number of piperidine rings is 1. The molecule has 2 N–H and O–H groups in total. The molecule has 2 atom stereocenters. The van der Waals surface area contributed by atoms with Crippen LogP contribution in [0.5, 0.6) is 0 Å². The minimum absolute atomic E-state index is 0.0191. The Morgan fingerprint density at radius 2 is 2.12 bits per heavy atom. The van der Waals surface area contributed by atoms with E-state index in [0.717, 1.165) is 24.3 Å². The molecule has 5 nitrogen and oxygen atoms in total. The lowest BCUT2D eigenvalue weighted by molar-refractivity contribution is -0.117. The molecule has 24 heavy (non-hydrogen) atoms. The minimum atomic E-state index is -0.0628. The van der Waals surface area contributed by atoms with Crippen LogP contribution in [-0.2, 0) is 4.79 Å². The normalized spacial score (nSPS) is 18.8. The average Bonchev–Trinajstić information content (AvgIpc) is 2.56. The van der Waals surface area contributed by atoms with Gasteiger partial charge in [-0.1, -0.05) is 13.0 Å². The van der Waals surface area contributed by atoms with Crippen LogP contribution in [0.15, 0.2) is 18.2 Å². The van der Waals surface area contributed by atoms with Gasteiger partial charge in [-0.15, -0.1) is 0 Å². The Bertz CT molecular complexity index is 592. The third kappa shape index (κ3) is 4.81. The molecule has 1 fully saturated rings. The number of aryl methyl sites for hydroxylation is 1. The van der Waals surface area contributed by atoms with Gasteiger partial charge in [0.15, 0.2) is 0 Å². The summed E-state index contributed by atoms with van der Waals surface area (Å²) in [6.45, 7) is 6.17. The number of anilines is 1. The Balaban J connectivity index is 2.00. The Hall–Kier alpha value is -1.88. The van der Waals surface area contributed by atoms with E-state index in [9.17, 15) is 9.59 Å². The maximum Gasteiger partial charge on any atom is 0.253 e.